The monoisotopic (exact) mass is 373 g/mol. The minimum absolute atomic E-state index is 0.780. The summed E-state index contributed by atoms with van der Waals surface area (Å²) in [6, 6.07) is 16.7. The van der Waals surface area contributed by atoms with E-state index in [1.807, 2.05) is 18.2 Å². The first-order chi connectivity index (χ1) is 12.1. The molecule has 1 heterocycles. The van der Waals surface area contributed by atoms with Crippen molar-refractivity contribution in [1.82, 2.24) is 15.1 Å². The van der Waals surface area contributed by atoms with E-state index in [1.165, 1.54) is 16.7 Å². The van der Waals surface area contributed by atoms with Crippen LogP contribution in [-0.4, -0.2) is 41.1 Å². The molecule has 0 amide bonds. The van der Waals surface area contributed by atoms with Crippen molar-refractivity contribution in [2.75, 3.05) is 26.2 Å². The number of aryl methyl sites for hydroxylation is 1. The Morgan fingerprint density at radius 3 is 2.44 bits per heavy atom. The molecule has 0 atom stereocenters. The predicted molar refractivity (Wildman–Crippen MR) is 109 cm³/mol. The summed E-state index contributed by atoms with van der Waals surface area (Å²) in [5.41, 5.74) is 3.80. The highest BCUT2D eigenvalue weighted by atomic mass is 35.5. The van der Waals surface area contributed by atoms with Crippen molar-refractivity contribution in [1.29, 1.82) is 0 Å². The number of hydrogen-bond donors (Lipinski definition) is 1. The summed E-state index contributed by atoms with van der Waals surface area (Å²) < 4.78 is 0. The van der Waals surface area contributed by atoms with Crippen molar-refractivity contribution in [3.63, 3.8) is 0 Å². The Bertz CT molecular complexity index is 709. The molecule has 0 unspecified atom stereocenters. The summed E-state index contributed by atoms with van der Waals surface area (Å²) in [7, 11) is 0. The molecule has 1 fully saturated rings. The Kier molecular flexibility index (Phi) is 6.29. The molecule has 25 heavy (non-hydrogen) atoms. The van der Waals surface area contributed by atoms with Gasteiger partial charge in [0.2, 0.25) is 0 Å². The molecule has 132 valence electrons. The van der Waals surface area contributed by atoms with E-state index >= 15 is 0 Å². The second-order valence-electron chi connectivity index (χ2n) is 6.54. The molecule has 1 aliphatic heterocycles. The fourth-order valence-corrected chi connectivity index (χ4v) is 3.47. The van der Waals surface area contributed by atoms with Gasteiger partial charge in [0.25, 0.3) is 0 Å². The first-order valence-corrected chi connectivity index (χ1v) is 9.44. The highest BCUT2D eigenvalue weighted by Crippen LogP contribution is 2.14. The molecule has 1 N–H and O–H groups in total. The smallest absolute Gasteiger partial charge is 0.169 e. The van der Waals surface area contributed by atoms with Gasteiger partial charge in [0, 0.05) is 44.3 Å². The van der Waals surface area contributed by atoms with E-state index in [0.717, 1.165) is 49.4 Å². The molecule has 3 rings (SSSR count). The maximum absolute atomic E-state index is 6.07. The lowest BCUT2D eigenvalue weighted by Crippen LogP contribution is -2.51. The third-order valence-corrected chi connectivity index (χ3v) is 5.16. The number of piperazine rings is 1. The van der Waals surface area contributed by atoms with Gasteiger partial charge in [-0.25, -0.2) is 0 Å². The summed E-state index contributed by atoms with van der Waals surface area (Å²) in [5.74, 6) is 0. The van der Waals surface area contributed by atoms with E-state index < -0.39 is 0 Å². The third kappa shape index (κ3) is 5.43. The molecule has 0 radical (unpaired) electrons. The molecule has 3 nitrogen and oxygen atoms in total. The Balaban J connectivity index is 1.43. The van der Waals surface area contributed by atoms with Crippen molar-refractivity contribution in [2.24, 2.45) is 0 Å². The van der Waals surface area contributed by atoms with Crippen LogP contribution < -0.4 is 5.32 Å². The van der Waals surface area contributed by atoms with Crippen molar-refractivity contribution in [3.05, 3.63) is 70.2 Å². The Morgan fingerprint density at radius 2 is 1.76 bits per heavy atom. The fraction of sp³-hybridized carbons (Fsp3) is 0.350. The highest BCUT2D eigenvalue weighted by molar-refractivity contribution is 7.80. The van der Waals surface area contributed by atoms with E-state index in [9.17, 15) is 0 Å². The molecule has 1 aliphatic rings. The average Bonchev–Trinajstić information content (AvgIpc) is 2.62. The molecular formula is C20H24ClN3S. The summed E-state index contributed by atoms with van der Waals surface area (Å²) in [6.45, 7) is 7.77. The van der Waals surface area contributed by atoms with Crippen LogP contribution in [0.3, 0.4) is 0 Å². The van der Waals surface area contributed by atoms with Crippen LogP contribution in [0.1, 0.15) is 16.7 Å². The Labute approximate surface area is 160 Å². The van der Waals surface area contributed by atoms with E-state index in [4.69, 9.17) is 23.8 Å². The number of hydrogen-bond acceptors (Lipinski definition) is 2. The topological polar surface area (TPSA) is 18.5 Å². The summed E-state index contributed by atoms with van der Waals surface area (Å²) in [4.78, 5) is 4.71. The quantitative estimate of drug-likeness (QED) is 0.820. The standard InChI is InChI=1S/C20H24ClN3S/c1-16-5-7-17(8-6-16)14-22-20(25)24-11-9-23(10-12-24)15-18-3-2-4-19(21)13-18/h2-8,13H,9-12,14-15H2,1H3,(H,22,25). The van der Waals surface area contributed by atoms with Crippen LogP contribution in [0.2, 0.25) is 5.02 Å². The van der Waals surface area contributed by atoms with Crippen LogP contribution in [0, 0.1) is 6.92 Å². The number of nitrogens with one attached hydrogen (secondary N) is 1. The van der Waals surface area contributed by atoms with E-state index in [1.54, 1.807) is 0 Å². The van der Waals surface area contributed by atoms with Gasteiger partial charge in [0.1, 0.15) is 0 Å². The van der Waals surface area contributed by atoms with E-state index in [0.29, 0.717) is 0 Å². The van der Waals surface area contributed by atoms with Crippen LogP contribution in [-0.2, 0) is 13.1 Å². The maximum atomic E-state index is 6.07. The van der Waals surface area contributed by atoms with Crippen molar-refractivity contribution >= 4 is 28.9 Å². The average molecular weight is 374 g/mol. The largest absolute Gasteiger partial charge is 0.358 e. The summed E-state index contributed by atoms with van der Waals surface area (Å²) >= 11 is 11.6. The Morgan fingerprint density at radius 1 is 1.04 bits per heavy atom. The normalized spacial score (nSPS) is 15.2. The van der Waals surface area contributed by atoms with Crippen molar-refractivity contribution in [2.45, 2.75) is 20.0 Å². The summed E-state index contributed by atoms with van der Waals surface area (Å²) in [5, 5.41) is 5.03. The molecule has 0 saturated carbocycles. The minimum atomic E-state index is 0.780. The van der Waals surface area contributed by atoms with Crippen LogP contribution in [0.4, 0.5) is 0 Å². The second kappa shape index (κ2) is 8.65. The van der Waals surface area contributed by atoms with Gasteiger partial charge < -0.3 is 10.2 Å². The zero-order valence-corrected chi connectivity index (χ0v) is 16.1. The third-order valence-electron chi connectivity index (χ3n) is 4.52. The number of rotatable bonds is 4. The second-order valence-corrected chi connectivity index (χ2v) is 7.36. The van der Waals surface area contributed by atoms with Gasteiger partial charge >= 0.3 is 0 Å². The molecule has 2 aromatic carbocycles. The van der Waals surface area contributed by atoms with Gasteiger partial charge in [0.15, 0.2) is 5.11 Å². The van der Waals surface area contributed by atoms with E-state index in [2.05, 4.69) is 52.4 Å². The lowest BCUT2D eigenvalue weighted by atomic mass is 10.1. The zero-order chi connectivity index (χ0) is 17.6. The molecule has 0 aliphatic carbocycles. The number of benzene rings is 2. The minimum Gasteiger partial charge on any atom is -0.358 e. The molecule has 0 bridgehead atoms. The molecule has 1 saturated heterocycles. The predicted octanol–water partition coefficient (Wildman–Crippen LogP) is 3.84. The van der Waals surface area contributed by atoms with Gasteiger partial charge in [-0.2, -0.15) is 0 Å². The van der Waals surface area contributed by atoms with Crippen molar-refractivity contribution in [3.8, 4) is 0 Å². The van der Waals surface area contributed by atoms with Gasteiger partial charge in [-0.05, 0) is 42.4 Å². The number of halogens is 1. The van der Waals surface area contributed by atoms with Gasteiger partial charge in [0.05, 0.1) is 0 Å². The lowest BCUT2D eigenvalue weighted by Gasteiger charge is -2.36. The van der Waals surface area contributed by atoms with E-state index in [-0.39, 0.29) is 0 Å². The number of thiocarbonyl (C=S) groups is 1. The maximum Gasteiger partial charge on any atom is 0.169 e. The fourth-order valence-electron chi connectivity index (χ4n) is 3.00. The van der Waals surface area contributed by atoms with Gasteiger partial charge in [-0.1, -0.05) is 53.6 Å². The Hall–Kier alpha value is -1.62. The molecule has 2 aromatic rings. The molecular weight excluding hydrogens is 350 g/mol. The molecule has 0 spiro atoms. The van der Waals surface area contributed by atoms with Crippen LogP contribution in [0.5, 0.6) is 0 Å². The zero-order valence-electron chi connectivity index (χ0n) is 14.5. The highest BCUT2D eigenvalue weighted by Gasteiger charge is 2.18. The SMILES string of the molecule is Cc1ccc(CNC(=S)N2CCN(Cc3cccc(Cl)c3)CC2)cc1. The summed E-state index contributed by atoms with van der Waals surface area (Å²) in [6.07, 6.45) is 0. The lowest BCUT2D eigenvalue weighted by molar-refractivity contribution is 0.174. The number of nitrogens with zero attached hydrogens (tertiary/aromatic N) is 2. The van der Waals surface area contributed by atoms with Gasteiger partial charge in [-0.3, -0.25) is 4.90 Å². The molecule has 5 heteroatoms. The first-order valence-electron chi connectivity index (χ1n) is 8.65. The van der Waals surface area contributed by atoms with Gasteiger partial charge in [-0.15, -0.1) is 0 Å². The molecule has 0 aromatic heterocycles. The van der Waals surface area contributed by atoms with Crippen LogP contribution in [0.15, 0.2) is 48.5 Å². The van der Waals surface area contributed by atoms with Crippen molar-refractivity contribution < 1.29 is 0 Å². The van der Waals surface area contributed by atoms with Crippen LogP contribution in [0.25, 0.3) is 0 Å². The first kappa shape index (κ1) is 18.2. The van der Waals surface area contributed by atoms with Crippen LogP contribution >= 0.6 is 23.8 Å².